The second-order valence-electron chi connectivity index (χ2n) is 7.37. The number of benzene rings is 1. The number of carbonyl (C=O) groups excluding carboxylic acids is 2. The highest BCUT2D eigenvalue weighted by molar-refractivity contribution is 5.97. The van der Waals surface area contributed by atoms with Crippen LogP contribution >= 0.6 is 0 Å². The van der Waals surface area contributed by atoms with Crippen LogP contribution in [0.25, 0.3) is 0 Å². The molecule has 0 aromatic heterocycles. The summed E-state index contributed by atoms with van der Waals surface area (Å²) in [6, 6.07) is 5.92. The fourth-order valence-electron chi connectivity index (χ4n) is 3.58. The van der Waals surface area contributed by atoms with E-state index in [9.17, 15) is 9.59 Å². The van der Waals surface area contributed by atoms with Gasteiger partial charge in [0.05, 0.1) is 5.60 Å². The second-order valence-corrected chi connectivity index (χ2v) is 7.37. The van der Waals surface area contributed by atoms with Crippen molar-refractivity contribution in [1.82, 2.24) is 10.2 Å². The van der Waals surface area contributed by atoms with E-state index in [1.807, 2.05) is 32.9 Å². The topological polar surface area (TPSA) is 61.9 Å². The van der Waals surface area contributed by atoms with E-state index in [4.69, 9.17) is 4.74 Å². The Kier molecular flexibility index (Phi) is 4.99. The molecule has 1 atom stereocenters. The van der Waals surface area contributed by atoms with E-state index in [0.29, 0.717) is 19.6 Å². The van der Waals surface area contributed by atoms with Gasteiger partial charge in [-0.2, -0.15) is 0 Å². The van der Waals surface area contributed by atoms with E-state index in [0.717, 1.165) is 36.3 Å². The lowest BCUT2D eigenvalue weighted by Gasteiger charge is -2.35. The number of carbonyl (C=O) groups is 2. The third-order valence-corrected chi connectivity index (χ3v) is 4.94. The zero-order chi connectivity index (χ0) is 18.0. The average molecular weight is 345 g/mol. The van der Waals surface area contributed by atoms with Gasteiger partial charge in [-0.05, 0) is 56.9 Å². The zero-order valence-corrected chi connectivity index (χ0v) is 15.3. The Morgan fingerprint density at radius 3 is 2.56 bits per heavy atom. The van der Waals surface area contributed by atoms with Gasteiger partial charge < -0.3 is 19.9 Å². The van der Waals surface area contributed by atoms with Crippen LogP contribution in [0, 0.1) is 13.8 Å². The van der Waals surface area contributed by atoms with Gasteiger partial charge in [-0.1, -0.05) is 6.07 Å². The molecule has 0 saturated carbocycles. The third-order valence-electron chi connectivity index (χ3n) is 4.94. The van der Waals surface area contributed by atoms with Crippen molar-refractivity contribution < 1.29 is 14.3 Å². The first-order valence-electron chi connectivity index (χ1n) is 8.92. The number of amides is 3. The number of nitrogens with one attached hydrogen (secondary N) is 1. The van der Waals surface area contributed by atoms with Gasteiger partial charge in [0.2, 0.25) is 5.91 Å². The van der Waals surface area contributed by atoms with Crippen molar-refractivity contribution >= 4 is 17.6 Å². The minimum Gasteiger partial charge on any atom is -0.373 e. The first-order valence-corrected chi connectivity index (χ1v) is 8.92. The van der Waals surface area contributed by atoms with Crippen LogP contribution in [0.2, 0.25) is 0 Å². The van der Waals surface area contributed by atoms with Gasteiger partial charge in [-0.3, -0.25) is 4.79 Å². The Morgan fingerprint density at radius 2 is 1.96 bits per heavy atom. The molecule has 1 unspecified atom stereocenters. The van der Waals surface area contributed by atoms with Gasteiger partial charge in [0.25, 0.3) is 0 Å². The number of hydrogen-bond donors (Lipinski definition) is 1. The number of nitrogens with zero attached hydrogens (tertiary/aromatic N) is 2. The van der Waals surface area contributed by atoms with Crippen LogP contribution in [0.1, 0.15) is 30.9 Å². The van der Waals surface area contributed by atoms with Crippen LogP contribution in [0.4, 0.5) is 10.5 Å². The highest BCUT2D eigenvalue weighted by Crippen LogP contribution is 2.24. The van der Waals surface area contributed by atoms with Crippen LogP contribution in [-0.4, -0.2) is 55.2 Å². The Labute approximate surface area is 149 Å². The van der Waals surface area contributed by atoms with Crippen molar-refractivity contribution in [2.45, 2.75) is 39.2 Å². The summed E-state index contributed by atoms with van der Waals surface area (Å²) in [5.41, 5.74) is 2.90. The molecule has 2 aliphatic rings. The van der Waals surface area contributed by atoms with Crippen molar-refractivity contribution in [2.24, 2.45) is 0 Å². The molecule has 0 aliphatic carbocycles. The van der Waals surface area contributed by atoms with E-state index in [2.05, 4.69) is 11.4 Å². The smallest absolute Gasteiger partial charge is 0.318 e. The molecule has 2 aliphatic heterocycles. The van der Waals surface area contributed by atoms with Crippen LogP contribution in [-0.2, 0) is 9.53 Å². The van der Waals surface area contributed by atoms with Crippen molar-refractivity contribution in [3.8, 4) is 0 Å². The quantitative estimate of drug-likeness (QED) is 0.914. The maximum Gasteiger partial charge on any atom is 0.318 e. The van der Waals surface area contributed by atoms with Crippen molar-refractivity contribution in [3.63, 3.8) is 0 Å². The Hall–Kier alpha value is -2.08. The number of piperazine rings is 1. The molecule has 0 spiro atoms. The molecule has 2 saturated heterocycles. The van der Waals surface area contributed by atoms with Gasteiger partial charge in [-0.25, -0.2) is 4.79 Å². The molecule has 136 valence electrons. The van der Waals surface area contributed by atoms with E-state index in [1.54, 1.807) is 9.80 Å². The summed E-state index contributed by atoms with van der Waals surface area (Å²) < 4.78 is 5.69. The molecule has 2 heterocycles. The van der Waals surface area contributed by atoms with Gasteiger partial charge in [0.1, 0.15) is 6.54 Å². The van der Waals surface area contributed by atoms with E-state index < -0.39 is 0 Å². The summed E-state index contributed by atoms with van der Waals surface area (Å²) >= 11 is 0. The molecule has 3 amide bonds. The second kappa shape index (κ2) is 7.04. The first-order chi connectivity index (χ1) is 11.9. The van der Waals surface area contributed by atoms with Gasteiger partial charge in [0, 0.05) is 31.9 Å². The maximum atomic E-state index is 12.5. The first kappa shape index (κ1) is 17.7. The number of anilines is 1. The van der Waals surface area contributed by atoms with Gasteiger partial charge in [0.15, 0.2) is 0 Å². The third kappa shape index (κ3) is 4.12. The molecule has 1 aromatic rings. The molecule has 6 nitrogen and oxygen atoms in total. The molecule has 25 heavy (non-hydrogen) atoms. The van der Waals surface area contributed by atoms with Crippen molar-refractivity contribution in [1.29, 1.82) is 0 Å². The summed E-state index contributed by atoms with van der Waals surface area (Å²) in [6.07, 6.45) is 1.98. The monoisotopic (exact) mass is 345 g/mol. The molecular weight excluding hydrogens is 318 g/mol. The lowest BCUT2D eigenvalue weighted by molar-refractivity contribution is -0.120. The number of ether oxygens (including phenoxy) is 1. The summed E-state index contributed by atoms with van der Waals surface area (Å²) in [6.45, 7) is 8.45. The number of urea groups is 1. The Balaban J connectivity index is 1.57. The molecule has 0 bridgehead atoms. The maximum absolute atomic E-state index is 12.5. The molecule has 6 heteroatoms. The molecular formula is C19H27N3O3. The molecule has 1 aromatic carbocycles. The SMILES string of the molecule is Cc1cc(C)cc(N2CCN(C(=O)NCC3(C)CCCO3)CC2=O)c1. The fraction of sp³-hybridized carbons (Fsp3) is 0.579. The van der Waals surface area contributed by atoms with Crippen LogP contribution in [0.15, 0.2) is 18.2 Å². The summed E-state index contributed by atoms with van der Waals surface area (Å²) in [7, 11) is 0. The van der Waals surface area contributed by atoms with Crippen LogP contribution in [0.3, 0.4) is 0 Å². The Morgan fingerprint density at radius 1 is 1.24 bits per heavy atom. The minimum atomic E-state index is -0.277. The molecule has 3 rings (SSSR count). The summed E-state index contributed by atoms with van der Waals surface area (Å²) in [4.78, 5) is 28.3. The lowest BCUT2D eigenvalue weighted by Crippen LogP contribution is -2.56. The van der Waals surface area contributed by atoms with Gasteiger partial charge in [-0.15, -0.1) is 0 Å². The normalized spacial score (nSPS) is 23.9. The predicted octanol–water partition coefficient (Wildman–Crippen LogP) is 2.23. The average Bonchev–Trinajstić information content (AvgIpc) is 2.98. The molecule has 2 fully saturated rings. The minimum absolute atomic E-state index is 0.0465. The molecule has 1 N–H and O–H groups in total. The fourth-order valence-corrected chi connectivity index (χ4v) is 3.58. The van der Waals surface area contributed by atoms with Gasteiger partial charge >= 0.3 is 6.03 Å². The van der Waals surface area contributed by atoms with E-state index in [1.165, 1.54) is 0 Å². The molecule has 0 radical (unpaired) electrons. The summed E-state index contributed by atoms with van der Waals surface area (Å²) in [5.74, 6) is -0.0465. The Bertz CT molecular complexity index is 648. The number of rotatable bonds is 3. The summed E-state index contributed by atoms with van der Waals surface area (Å²) in [5, 5.41) is 2.92. The van der Waals surface area contributed by atoms with Crippen molar-refractivity contribution in [2.75, 3.05) is 37.7 Å². The van der Waals surface area contributed by atoms with Crippen molar-refractivity contribution in [3.05, 3.63) is 29.3 Å². The van der Waals surface area contributed by atoms with E-state index >= 15 is 0 Å². The van der Waals surface area contributed by atoms with Crippen LogP contribution < -0.4 is 10.2 Å². The zero-order valence-electron chi connectivity index (χ0n) is 15.3. The van der Waals surface area contributed by atoms with Crippen LogP contribution in [0.5, 0.6) is 0 Å². The highest BCUT2D eigenvalue weighted by Gasteiger charge is 2.32. The largest absolute Gasteiger partial charge is 0.373 e. The number of aryl methyl sites for hydroxylation is 2. The standard InChI is InChI=1S/C19H27N3O3/c1-14-9-15(2)11-16(10-14)22-7-6-21(12-17(22)23)18(24)20-13-19(3)5-4-8-25-19/h9-11H,4-8,12-13H2,1-3H3,(H,20,24). The van der Waals surface area contributed by atoms with E-state index in [-0.39, 0.29) is 24.1 Å². The lowest BCUT2D eigenvalue weighted by atomic mass is 10.0. The predicted molar refractivity (Wildman–Crippen MR) is 96.8 cm³/mol. The highest BCUT2D eigenvalue weighted by atomic mass is 16.5. The number of hydrogen-bond acceptors (Lipinski definition) is 3.